The SMILES string of the molecule is C[C@@H]1CN(C(=O)c2cc3ccccc3n2CC(=O)N(C)C)C[C@H](C)N1Cc1cn(-c2cc(Cl)c(Cl)cc2Cl)nn1. The molecular formula is C28H30Cl3N7O2. The number of hydrogen-bond acceptors (Lipinski definition) is 5. The number of rotatable bonds is 6. The number of halogens is 3. The minimum atomic E-state index is -0.0821. The average molecular weight is 603 g/mol. The van der Waals surface area contributed by atoms with Crippen LogP contribution in [0, 0.1) is 0 Å². The molecule has 0 unspecified atom stereocenters. The predicted octanol–water partition coefficient (Wildman–Crippen LogP) is 5.01. The van der Waals surface area contributed by atoms with Gasteiger partial charge in [0.15, 0.2) is 0 Å². The summed E-state index contributed by atoms with van der Waals surface area (Å²) < 4.78 is 3.41. The van der Waals surface area contributed by atoms with Gasteiger partial charge in [0.2, 0.25) is 5.91 Å². The van der Waals surface area contributed by atoms with Crippen LogP contribution in [0.4, 0.5) is 0 Å². The highest BCUT2D eigenvalue weighted by molar-refractivity contribution is 6.43. The van der Waals surface area contributed by atoms with Crippen LogP contribution < -0.4 is 0 Å². The van der Waals surface area contributed by atoms with Gasteiger partial charge in [-0.15, -0.1) is 5.10 Å². The van der Waals surface area contributed by atoms with Crippen LogP contribution in [0.5, 0.6) is 0 Å². The van der Waals surface area contributed by atoms with Gasteiger partial charge in [-0.05, 0) is 38.1 Å². The lowest BCUT2D eigenvalue weighted by Gasteiger charge is -2.44. The van der Waals surface area contributed by atoms with E-state index >= 15 is 0 Å². The molecule has 2 atom stereocenters. The molecule has 0 N–H and O–H groups in total. The van der Waals surface area contributed by atoms with E-state index in [9.17, 15) is 9.59 Å². The largest absolute Gasteiger partial charge is 0.347 e. The Morgan fingerprint density at radius 1 is 0.975 bits per heavy atom. The van der Waals surface area contributed by atoms with Crippen molar-refractivity contribution >= 4 is 57.5 Å². The summed E-state index contributed by atoms with van der Waals surface area (Å²) in [5.41, 5.74) is 2.74. The second kappa shape index (κ2) is 11.4. The fourth-order valence-electron chi connectivity index (χ4n) is 5.19. The molecule has 210 valence electrons. The zero-order valence-corrected chi connectivity index (χ0v) is 25.0. The number of aromatic nitrogens is 4. The third-order valence-electron chi connectivity index (χ3n) is 7.33. The Labute approximate surface area is 247 Å². The molecule has 4 aromatic rings. The molecule has 0 bridgehead atoms. The van der Waals surface area contributed by atoms with Gasteiger partial charge in [0.05, 0.1) is 32.6 Å². The lowest BCUT2D eigenvalue weighted by atomic mass is 10.1. The van der Waals surface area contributed by atoms with Crippen molar-refractivity contribution in [3.63, 3.8) is 0 Å². The molecule has 0 saturated carbocycles. The summed E-state index contributed by atoms with van der Waals surface area (Å²) in [5.74, 6) is -0.154. The van der Waals surface area contributed by atoms with E-state index in [4.69, 9.17) is 34.8 Å². The summed E-state index contributed by atoms with van der Waals surface area (Å²) in [6.45, 7) is 5.94. The predicted molar refractivity (Wildman–Crippen MR) is 157 cm³/mol. The van der Waals surface area contributed by atoms with Crippen molar-refractivity contribution < 1.29 is 9.59 Å². The van der Waals surface area contributed by atoms with Crippen LogP contribution >= 0.6 is 34.8 Å². The van der Waals surface area contributed by atoms with E-state index in [1.807, 2.05) is 46.0 Å². The van der Waals surface area contributed by atoms with E-state index in [2.05, 4.69) is 29.1 Å². The molecule has 1 aliphatic rings. The van der Waals surface area contributed by atoms with Gasteiger partial charge in [-0.3, -0.25) is 14.5 Å². The van der Waals surface area contributed by atoms with Crippen LogP contribution in [0.3, 0.4) is 0 Å². The summed E-state index contributed by atoms with van der Waals surface area (Å²) in [7, 11) is 3.44. The Bertz CT molecular complexity index is 1570. The molecule has 2 aromatic heterocycles. The number of carbonyl (C=O) groups is 2. The maximum atomic E-state index is 13.8. The molecule has 40 heavy (non-hydrogen) atoms. The Kier molecular flexibility index (Phi) is 8.10. The van der Waals surface area contributed by atoms with Crippen molar-refractivity contribution in [2.75, 3.05) is 27.2 Å². The Hall–Kier alpha value is -3.11. The van der Waals surface area contributed by atoms with E-state index in [1.165, 1.54) is 4.90 Å². The summed E-state index contributed by atoms with van der Waals surface area (Å²) in [6, 6.07) is 13.0. The molecule has 0 spiro atoms. The third kappa shape index (κ3) is 5.56. The number of likely N-dealkylation sites (N-methyl/N-ethyl adjacent to an activating group) is 1. The number of carbonyl (C=O) groups excluding carboxylic acids is 2. The van der Waals surface area contributed by atoms with Crippen molar-refractivity contribution in [3.05, 3.63) is 75.1 Å². The molecule has 0 aliphatic carbocycles. The summed E-state index contributed by atoms with van der Waals surface area (Å²) in [5, 5.41) is 10.7. The smallest absolute Gasteiger partial charge is 0.270 e. The van der Waals surface area contributed by atoms with E-state index in [0.717, 1.165) is 16.6 Å². The lowest BCUT2D eigenvalue weighted by Crippen LogP contribution is -2.57. The number of para-hydroxylation sites is 1. The topological polar surface area (TPSA) is 79.5 Å². The highest BCUT2D eigenvalue weighted by atomic mass is 35.5. The monoisotopic (exact) mass is 601 g/mol. The number of benzene rings is 2. The Balaban J connectivity index is 1.33. The zero-order valence-electron chi connectivity index (χ0n) is 22.7. The lowest BCUT2D eigenvalue weighted by molar-refractivity contribution is -0.129. The Morgan fingerprint density at radius 2 is 1.65 bits per heavy atom. The third-order valence-corrected chi connectivity index (χ3v) is 8.36. The van der Waals surface area contributed by atoms with Crippen LogP contribution in [-0.4, -0.2) is 85.3 Å². The first-order chi connectivity index (χ1) is 19.0. The van der Waals surface area contributed by atoms with Crippen LogP contribution in [0.2, 0.25) is 15.1 Å². The van der Waals surface area contributed by atoms with E-state index in [1.54, 1.807) is 30.9 Å². The maximum absolute atomic E-state index is 13.8. The van der Waals surface area contributed by atoms with Crippen molar-refractivity contribution in [3.8, 4) is 5.69 Å². The van der Waals surface area contributed by atoms with Gasteiger partial charge >= 0.3 is 0 Å². The molecule has 2 aromatic carbocycles. The standard InChI is InChI=1S/C28H30Cl3N7O2/c1-17-12-35(28(40)26-9-19-7-5-6-8-24(19)37(26)16-27(39)34(3)4)13-18(2)36(17)14-20-15-38(33-32-20)25-11-22(30)21(29)10-23(25)31/h5-11,15,17-18H,12-14,16H2,1-4H3/t17-,18+. The number of piperazine rings is 1. The minimum Gasteiger partial charge on any atom is -0.347 e. The van der Waals surface area contributed by atoms with Crippen LogP contribution in [0.25, 0.3) is 16.6 Å². The van der Waals surface area contributed by atoms with Crippen molar-refractivity contribution in [1.82, 2.24) is 34.3 Å². The molecule has 3 heterocycles. The highest BCUT2D eigenvalue weighted by Gasteiger charge is 2.34. The maximum Gasteiger partial charge on any atom is 0.270 e. The number of hydrogen-bond donors (Lipinski definition) is 0. The van der Waals surface area contributed by atoms with Crippen LogP contribution in [0.15, 0.2) is 48.7 Å². The molecule has 1 saturated heterocycles. The normalized spacial score (nSPS) is 17.9. The summed E-state index contributed by atoms with van der Waals surface area (Å²) >= 11 is 18.6. The van der Waals surface area contributed by atoms with Crippen molar-refractivity contribution in [2.45, 2.75) is 39.0 Å². The van der Waals surface area contributed by atoms with Crippen molar-refractivity contribution in [1.29, 1.82) is 0 Å². The number of amides is 2. The molecule has 0 radical (unpaired) electrons. The summed E-state index contributed by atoms with van der Waals surface area (Å²) in [4.78, 5) is 32.2. The van der Waals surface area contributed by atoms with Gasteiger partial charge in [0, 0.05) is 56.7 Å². The first kappa shape index (κ1) is 28.4. The fraction of sp³-hybridized carbons (Fsp3) is 0.357. The van der Waals surface area contributed by atoms with Gasteiger partial charge in [-0.1, -0.05) is 58.2 Å². The molecule has 1 aliphatic heterocycles. The van der Waals surface area contributed by atoms with Crippen molar-refractivity contribution in [2.24, 2.45) is 0 Å². The molecule has 9 nitrogen and oxygen atoms in total. The molecular weight excluding hydrogens is 573 g/mol. The van der Waals surface area contributed by atoms with Gasteiger partial charge in [0.25, 0.3) is 5.91 Å². The average Bonchev–Trinajstić information content (AvgIpc) is 3.52. The van der Waals surface area contributed by atoms with E-state index in [0.29, 0.717) is 46.1 Å². The fourth-order valence-corrected chi connectivity index (χ4v) is 5.82. The second-order valence-corrected chi connectivity index (χ2v) is 11.6. The van der Waals surface area contributed by atoms with E-state index < -0.39 is 0 Å². The Morgan fingerprint density at radius 3 is 2.35 bits per heavy atom. The minimum absolute atomic E-state index is 0.0626. The first-order valence-electron chi connectivity index (χ1n) is 12.9. The molecule has 1 fully saturated rings. The van der Waals surface area contributed by atoms with Gasteiger partial charge in [-0.2, -0.15) is 0 Å². The van der Waals surface area contributed by atoms with Crippen LogP contribution in [-0.2, 0) is 17.9 Å². The number of nitrogens with zero attached hydrogens (tertiary/aromatic N) is 7. The summed E-state index contributed by atoms with van der Waals surface area (Å²) in [6.07, 6.45) is 1.82. The first-order valence-corrected chi connectivity index (χ1v) is 14.1. The highest BCUT2D eigenvalue weighted by Crippen LogP contribution is 2.31. The van der Waals surface area contributed by atoms with Gasteiger partial charge in [-0.25, -0.2) is 4.68 Å². The molecule has 5 rings (SSSR count). The van der Waals surface area contributed by atoms with E-state index in [-0.39, 0.29) is 30.4 Å². The molecule has 12 heteroatoms. The van der Waals surface area contributed by atoms with Crippen LogP contribution in [0.1, 0.15) is 30.0 Å². The second-order valence-electron chi connectivity index (χ2n) is 10.4. The molecule has 2 amide bonds. The van der Waals surface area contributed by atoms with Gasteiger partial charge in [0.1, 0.15) is 12.2 Å². The number of fused-ring (bicyclic) bond motifs is 1. The zero-order chi connectivity index (χ0) is 28.7. The van der Waals surface area contributed by atoms with Gasteiger partial charge < -0.3 is 14.4 Å². The quantitative estimate of drug-likeness (QED) is 0.290.